The molecule has 0 fully saturated rings. The third-order valence-corrected chi connectivity index (χ3v) is 3.80. The van der Waals surface area contributed by atoms with Gasteiger partial charge in [-0.05, 0) is 30.5 Å². The summed E-state index contributed by atoms with van der Waals surface area (Å²) in [5, 5.41) is 0. The molecule has 72 valence electrons. The molecule has 0 heterocycles. The lowest BCUT2D eigenvalue weighted by atomic mass is 10.1. The standard InChI is InChI=1S/C10H13IOS/c1-12-10-6-4-9(5-7-10)3-2-8-13-11/h4-7H,2-3,8H2,1H3/p+1. The first kappa shape index (κ1) is 11.2. The Morgan fingerprint density at radius 1 is 1.31 bits per heavy atom. The maximum absolute atomic E-state index is 5.09. The molecular weight excluding hydrogens is 295 g/mol. The predicted molar refractivity (Wildman–Crippen MR) is 69.0 cm³/mol. The van der Waals surface area contributed by atoms with Crippen molar-refractivity contribution in [1.29, 1.82) is 0 Å². The predicted octanol–water partition coefficient (Wildman–Crippen LogP) is 2.79. The molecular formula is C10H14IOS+. The highest BCUT2D eigenvalue weighted by molar-refractivity contribution is 14.2. The zero-order valence-electron chi connectivity index (χ0n) is 7.66. The van der Waals surface area contributed by atoms with Crippen LogP contribution in [0.15, 0.2) is 24.3 Å². The summed E-state index contributed by atoms with van der Waals surface area (Å²) >= 11 is 2.39. The lowest BCUT2D eigenvalue weighted by Gasteiger charge is -2.01. The van der Waals surface area contributed by atoms with Gasteiger partial charge in [-0.25, -0.2) is 0 Å². The van der Waals surface area contributed by atoms with Crippen molar-refractivity contribution >= 4 is 30.1 Å². The fourth-order valence-corrected chi connectivity index (χ4v) is 2.44. The van der Waals surface area contributed by atoms with E-state index in [-0.39, 0.29) is 0 Å². The number of halogens is 1. The second-order valence-electron chi connectivity index (χ2n) is 2.79. The van der Waals surface area contributed by atoms with Crippen molar-refractivity contribution in [2.75, 3.05) is 12.9 Å². The highest BCUT2D eigenvalue weighted by Gasteiger charge is 1.96. The van der Waals surface area contributed by atoms with Crippen molar-refractivity contribution in [2.45, 2.75) is 12.8 Å². The Labute approximate surface area is 95.8 Å². The van der Waals surface area contributed by atoms with Crippen LogP contribution in [-0.2, 0) is 15.4 Å². The number of methoxy groups -OCH3 is 1. The zero-order valence-corrected chi connectivity index (χ0v) is 10.7. The van der Waals surface area contributed by atoms with E-state index in [9.17, 15) is 0 Å². The minimum Gasteiger partial charge on any atom is -0.497 e. The van der Waals surface area contributed by atoms with E-state index in [0.29, 0.717) is 0 Å². The van der Waals surface area contributed by atoms with Gasteiger partial charge in [-0.1, -0.05) is 12.1 Å². The molecule has 0 radical (unpaired) electrons. The Hall–Kier alpha value is 0.1000. The Morgan fingerprint density at radius 2 is 2.00 bits per heavy atom. The number of ether oxygens (including phenoxy) is 1. The molecule has 0 saturated carbocycles. The molecule has 3 heteroatoms. The van der Waals surface area contributed by atoms with Gasteiger partial charge in [-0.3, -0.25) is 0 Å². The minimum absolute atomic E-state index is 0.941. The largest absolute Gasteiger partial charge is 0.497 e. The summed E-state index contributed by atoms with van der Waals surface area (Å²) in [6.07, 6.45) is 2.46. The number of benzene rings is 1. The maximum atomic E-state index is 5.09. The maximum Gasteiger partial charge on any atom is 0.247 e. The number of rotatable bonds is 5. The number of hydrogen-bond donors (Lipinski definition) is 0. The average molecular weight is 309 g/mol. The SMILES string of the molecule is COc1ccc(CCC[SH+]I)cc1. The summed E-state index contributed by atoms with van der Waals surface area (Å²) in [6.45, 7) is 0. The van der Waals surface area contributed by atoms with Crippen LogP contribution in [0, 0.1) is 0 Å². The lowest BCUT2D eigenvalue weighted by Crippen LogP contribution is -1.90. The normalized spacial score (nSPS) is 10.0. The van der Waals surface area contributed by atoms with Crippen molar-refractivity contribution in [3.05, 3.63) is 29.8 Å². The summed E-state index contributed by atoms with van der Waals surface area (Å²) in [7, 11) is 3.16. The molecule has 0 amide bonds. The number of thiol groups is 1. The Bertz CT molecular complexity index is 235. The quantitative estimate of drug-likeness (QED) is 0.352. The van der Waals surface area contributed by atoms with E-state index in [4.69, 9.17) is 4.74 Å². The lowest BCUT2D eigenvalue weighted by molar-refractivity contribution is 0.414. The molecule has 0 saturated heterocycles. The van der Waals surface area contributed by atoms with Crippen LogP contribution in [0.5, 0.6) is 5.75 Å². The third-order valence-electron chi connectivity index (χ3n) is 1.87. The molecule has 0 atom stereocenters. The first-order chi connectivity index (χ1) is 6.36. The topological polar surface area (TPSA) is 9.23 Å². The van der Waals surface area contributed by atoms with Crippen LogP contribution in [-0.4, -0.2) is 12.9 Å². The fraction of sp³-hybridized carbons (Fsp3) is 0.400. The molecule has 1 rings (SSSR count). The average Bonchev–Trinajstić information content (AvgIpc) is 2.19. The van der Waals surface area contributed by atoms with Gasteiger partial charge < -0.3 is 4.74 Å². The molecule has 0 aliphatic rings. The molecule has 13 heavy (non-hydrogen) atoms. The van der Waals surface area contributed by atoms with Gasteiger partial charge in [-0.15, -0.1) is 0 Å². The van der Waals surface area contributed by atoms with Crippen molar-refractivity contribution < 1.29 is 4.74 Å². The minimum atomic E-state index is 0.941. The van der Waals surface area contributed by atoms with Gasteiger partial charge in [-0.2, -0.15) is 0 Å². The molecule has 1 nitrogen and oxygen atoms in total. The molecule has 0 spiro atoms. The van der Waals surface area contributed by atoms with Crippen LogP contribution in [0.1, 0.15) is 12.0 Å². The van der Waals surface area contributed by atoms with Crippen molar-refractivity contribution in [1.82, 2.24) is 0 Å². The van der Waals surface area contributed by atoms with E-state index in [1.807, 2.05) is 12.1 Å². The Balaban J connectivity index is 2.40. The first-order valence-electron chi connectivity index (χ1n) is 4.27. The highest BCUT2D eigenvalue weighted by Crippen LogP contribution is 2.12. The number of aryl methyl sites for hydroxylation is 1. The first-order valence-corrected chi connectivity index (χ1v) is 8.14. The Morgan fingerprint density at radius 3 is 2.54 bits per heavy atom. The molecule has 1 aromatic carbocycles. The van der Waals surface area contributed by atoms with Gasteiger partial charge in [0.2, 0.25) is 21.2 Å². The van der Waals surface area contributed by atoms with Crippen molar-refractivity contribution in [3.8, 4) is 5.75 Å². The van der Waals surface area contributed by atoms with Gasteiger partial charge in [0.1, 0.15) is 11.5 Å². The van der Waals surface area contributed by atoms with Crippen LogP contribution in [0.4, 0.5) is 0 Å². The zero-order chi connectivity index (χ0) is 9.52. The second kappa shape index (κ2) is 6.54. The summed E-state index contributed by atoms with van der Waals surface area (Å²) in [5.74, 6) is 2.22. The molecule has 1 aromatic rings. The van der Waals surface area contributed by atoms with Crippen LogP contribution < -0.4 is 4.74 Å². The smallest absolute Gasteiger partial charge is 0.247 e. The number of hydrogen-bond acceptors (Lipinski definition) is 1. The fourth-order valence-electron chi connectivity index (χ4n) is 1.14. The molecule has 0 unspecified atom stereocenters. The van der Waals surface area contributed by atoms with E-state index in [1.165, 1.54) is 33.1 Å². The van der Waals surface area contributed by atoms with E-state index in [0.717, 1.165) is 5.75 Å². The van der Waals surface area contributed by atoms with E-state index >= 15 is 0 Å². The third kappa shape index (κ3) is 4.22. The Kier molecular flexibility index (Phi) is 5.62. The molecule has 0 aliphatic carbocycles. The summed E-state index contributed by atoms with van der Waals surface area (Å²) in [5.41, 5.74) is 1.40. The van der Waals surface area contributed by atoms with Gasteiger partial charge in [0, 0.05) is 8.93 Å². The monoisotopic (exact) mass is 309 g/mol. The van der Waals surface area contributed by atoms with E-state index in [1.54, 1.807) is 7.11 Å². The summed E-state index contributed by atoms with van der Waals surface area (Å²) in [4.78, 5) is 0. The van der Waals surface area contributed by atoms with Crippen LogP contribution >= 0.6 is 21.2 Å². The van der Waals surface area contributed by atoms with Crippen LogP contribution in [0.3, 0.4) is 0 Å². The second-order valence-corrected chi connectivity index (χ2v) is 5.53. The molecule has 0 aromatic heterocycles. The summed E-state index contributed by atoms with van der Waals surface area (Å²) in [6, 6.07) is 8.33. The van der Waals surface area contributed by atoms with Gasteiger partial charge in [0.25, 0.3) is 0 Å². The van der Waals surface area contributed by atoms with Gasteiger partial charge in [0.05, 0.1) is 7.11 Å². The van der Waals surface area contributed by atoms with Gasteiger partial charge >= 0.3 is 0 Å². The van der Waals surface area contributed by atoms with Gasteiger partial charge in [0.15, 0.2) is 0 Å². The van der Waals surface area contributed by atoms with E-state index in [2.05, 4.69) is 33.3 Å². The van der Waals surface area contributed by atoms with Crippen molar-refractivity contribution in [2.24, 2.45) is 0 Å². The molecule has 0 N–H and O–H groups in total. The summed E-state index contributed by atoms with van der Waals surface area (Å²) < 4.78 is 5.09. The van der Waals surface area contributed by atoms with E-state index < -0.39 is 0 Å². The highest BCUT2D eigenvalue weighted by atomic mass is 127. The molecule has 0 bridgehead atoms. The van der Waals surface area contributed by atoms with Crippen LogP contribution in [0.2, 0.25) is 0 Å². The molecule has 0 aliphatic heterocycles. The van der Waals surface area contributed by atoms with Crippen molar-refractivity contribution in [3.63, 3.8) is 0 Å². The van der Waals surface area contributed by atoms with Crippen LogP contribution in [0.25, 0.3) is 0 Å².